The van der Waals surface area contributed by atoms with Gasteiger partial charge in [0.1, 0.15) is 0 Å². The highest BCUT2D eigenvalue weighted by atomic mass is 16.2. The second-order valence-electron chi connectivity index (χ2n) is 7.20. The van der Waals surface area contributed by atoms with E-state index in [0.717, 1.165) is 32.5 Å². The minimum absolute atomic E-state index is 0.0977. The van der Waals surface area contributed by atoms with Crippen molar-refractivity contribution in [3.05, 3.63) is 12.7 Å². The van der Waals surface area contributed by atoms with Crippen molar-refractivity contribution in [1.29, 1.82) is 0 Å². The molecule has 0 bridgehead atoms. The van der Waals surface area contributed by atoms with Crippen molar-refractivity contribution < 1.29 is 4.79 Å². The normalized spacial score (nSPS) is 11.0. The van der Waals surface area contributed by atoms with Crippen LogP contribution in [0.25, 0.3) is 0 Å². The minimum atomic E-state index is 0.0977. The molecule has 25 heavy (non-hydrogen) atoms. The molecule has 0 aliphatic rings. The number of amides is 1. The van der Waals surface area contributed by atoms with Gasteiger partial charge in [-0.15, -0.1) is 0 Å². The van der Waals surface area contributed by atoms with Crippen LogP contribution in [0, 0.1) is 0 Å². The van der Waals surface area contributed by atoms with Crippen LogP contribution in [0.1, 0.15) is 91.4 Å². The largest absolute Gasteiger partial charge is 0.339 e. The molecule has 0 unspecified atom stereocenters. The van der Waals surface area contributed by atoms with Crippen molar-refractivity contribution in [1.82, 2.24) is 9.80 Å². The van der Waals surface area contributed by atoms with Crippen LogP contribution in [0.15, 0.2) is 12.7 Å². The molecule has 148 valence electrons. The molecule has 0 spiro atoms. The summed E-state index contributed by atoms with van der Waals surface area (Å²) < 4.78 is 0. The Morgan fingerprint density at radius 3 is 1.72 bits per heavy atom. The molecule has 0 rings (SSSR count). The molecular weight excluding hydrogens is 308 g/mol. The van der Waals surface area contributed by atoms with E-state index in [0.29, 0.717) is 0 Å². The van der Waals surface area contributed by atoms with Crippen LogP contribution in [-0.2, 0) is 4.79 Å². The van der Waals surface area contributed by atoms with Crippen molar-refractivity contribution in [2.45, 2.75) is 91.4 Å². The molecule has 0 heterocycles. The lowest BCUT2D eigenvalue weighted by Crippen LogP contribution is -2.34. The van der Waals surface area contributed by atoms with E-state index in [1.807, 2.05) is 4.90 Å². The summed E-state index contributed by atoms with van der Waals surface area (Å²) in [5, 5.41) is 0. The fourth-order valence-electron chi connectivity index (χ4n) is 3.35. The summed E-state index contributed by atoms with van der Waals surface area (Å²) in [6.07, 6.45) is 15.4. The molecule has 0 fully saturated rings. The van der Waals surface area contributed by atoms with Crippen LogP contribution in [-0.4, -0.2) is 48.4 Å². The van der Waals surface area contributed by atoms with Crippen LogP contribution in [0.2, 0.25) is 0 Å². The first kappa shape index (κ1) is 24.2. The van der Waals surface area contributed by atoms with Gasteiger partial charge in [-0.3, -0.25) is 4.79 Å². The van der Waals surface area contributed by atoms with Crippen molar-refractivity contribution in [2.24, 2.45) is 0 Å². The lowest BCUT2D eigenvalue weighted by molar-refractivity contribution is -0.126. The van der Waals surface area contributed by atoms with Crippen molar-refractivity contribution in [3.8, 4) is 0 Å². The van der Waals surface area contributed by atoms with Gasteiger partial charge in [0, 0.05) is 13.1 Å². The summed E-state index contributed by atoms with van der Waals surface area (Å²) in [6, 6.07) is 0. The zero-order chi connectivity index (χ0) is 18.8. The Balaban J connectivity index is 3.96. The predicted octanol–water partition coefficient (Wildman–Crippen LogP) is 5.65. The standard InChI is InChI=1S/C22H44N2O/c1-5-9-10-11-12-13-14-15-20-24(22(25)8-4)21-16-19-23(17-6-2)18-7-3/h8H,4-7,9-21H2,1-3H3. The van der Waals surface area contributed by atoms with Gasteiger partial charge in [-0.1, -0.05) is 72.3 Å². The molecular formula is C22H44N2O. The van der Waals surface area contributed by atoms with E-state index >= 15 is 0 Å². The van der Waals surface area contributed by atoms with Gasteiger partial charge in [-0.2, -0.15) is 0 Å². The number of nitrogens with zero attached hydrogens (tertiary/aromatic N) is 2. The van der Waals surface area contributed by atoms with E-state index < -0.39 is 0 Å². The van der Waals surface area contributed by atoms with Crippen molar-refractivity contribution >= 4 is 5.91 Å². The second kappa shape index (κ2) is 18.0. The van der Waals surface area contributed by atoms with E-state index in [1.165, 1.54) is 77.0 Å². The summed E-state index contributed by atoms with van der Waals surface area (Å²) in [6.45, 7) is 15.6. The number of rotatable bonds is 18. The lowest BCUT2D eigenvalue weighted by atomic mass is 10.1. The van der Waals surface area contributed by atoms with Crippen LogP contribution in [0.5, 0.6) is 0 Å². The Morgan fingerprint density at radius 2 is 1.20 bits per heavy atom. The zero-order valence-electron chi connectivity index (χ0n) is 17.4. The van der Waals surface area contributed by atoms with Gasteiger partial charge in [0.15, 0.2) is 0 Å². The SMILES string of the molecule is C=CC(=O)N(CCCCCCCCCC)CCCN(CCC)CCC. The van der Waals surface area contributed by atoms with Gasteiger partial charge in [-0.25, -0.2) is 0 Å². The third kappa shape index (κ3) is 14.1. The average molecular weight is 353 g/mol. The highest BCUT2D eigenvalue weighted by molar-refractivity contribution is 5.86. The number of unbranched alkanes of at least 4 members (excludes halogenated alkanes) is 7. The Morgan fingerprint density at radius 1 is 0.680 bits per heavy atom. The topological polar surface area (TPSA) is 23.6 Å². The molecule has 0 radical (unpaired) electrons. The van der Waals surface area contributed by atoms with Crippen molar-refractivity contribution in [3.63, 3.8) is 0 Å². The molecule has 0 aromatic carbocycles. The molecule has 0 aliphatic heterocycles. The Bertz CT molecular complexity index is 311. The van der Waals surface area contributed by atoms with Gasteiger partial charge in [0.2, 0.25) is 5.91 Å². The first-order valence-electron chi connectivity index (χ1n) is 10.8. The lowest BCUT2D eigenvalue weighted by Gasteiger charge is -2.25. The Hall–Kier alpha value is -0.830. The third-order valence-electron chi connectivity index (χ3n) is 4.75. The second-order valence-corrected chi connectivity index (χ2v) is 7.20. The molecule has 3 heteroatoms. The monoisotopic (exact) mass is 352 g/mol. The average Bonchev–Trinajstić information content (AvgIpc) is 2.62. The molecule has 1 amide bonds. The smallest absolute Gasteiger partial charge is 0.245 e. The summed E-state index contributed by atoms with van der Waals surface area (Å²) >= 11 is 0. The number of carbonyl (C=O) groups excluding carboxylic acids is 1. The van der Waals surface area contributed by atoms with Crippen LogP contribution >= 0.6 is 0 Å². The maximum atomic E-state index is 12.1. The summed E-state index contributed by atoms with van der Waals surface area (Å²) in [4.78, 5) is 16.6. The first-order chi connectivity index (χ1) is 12.2. The summed E-state index contributed by atoms with van der Waals surface area (Å²) in [5.74, 6) is 0.0977. The maximum absolute atomic E-state index is 12.1. The quantitative estimate of drug-likeness (QED) is 0.235. The van der Waals surface area contributed by atoms with E-state index in [-0.39, 0.29) is 5.91 Å². The van der Waals surface area contributed by atoms with Gasteiger partial charge in [-0.05, 0) is 51.4 Å². The van der Waals surface area contributed by atoms with Crippen molar-refractivity contribution in [2.75, 3.05) is 32.7 Å². The third-order valence-corrected chi connectivity index (χ3v) is 4.75. The van der Waals surface area contributed by atoms with Crippen LogP contribution < -0.4 is 0 Å². The Labute approximate surface area is 157 Å². The van der Waals surface area contributed by atoms with E-state index in [4.69, 9.17) is 0 Å². The number of hydrogen-bond acceptors (Lipinski definition) is 2. The zero-order valence-corrected chi connectivity index (χ0v) is 17.4. The van der Waals surface area contributed by atoms with Crippen LogP contribution in [0.4, 0.5) is 0 Å². The summed E-state index contributed by atoms with van der Waals surface area (Å²) in [5.41, 5.74) is 0. The van der Waals surface area contributed by atoms with Gasteiger partial charge in [0.05, 0.1) is 0 Å². The molecule has 3 nitrogen and oxygen atoms in total. The maximum Gasteiger partial charge on any atom is 0.245 e. The highest BCUT2D eigenvalue weighted by Crippen LogP contribution is 2.09. The number of hydrogen-bond donors (Lipinski definition) is 0. The Kier molecular flexibility index (Phi) is 17.4. The predicted molar refractivity (Wildman–Crippen MR) is 111 cm³/mol. The van der Waals surface area contributed by atoms with Gasteiger partial charge in [0.25, 0.3) is 0 Å². The van der Waals surface area contributed by atoms with E-state index in [1.54, 1.807) is 0 Å². The van der Waals surface area contributed by atoms with Gasteiger partial charge < -0.3 is 9.80 Å². The summed E-state index contributed by atoms with van der Waals surface area (Å²) in [7, 11) is 0. The molecule has 0 atom stereocenters. The molecule has 0 N–H and O–H groups in total. The molecule has 0 saturated heterocycles. The van der Waals surface area contributed by atoms with E-state index in [9.17, 15) is 4.79 Å². The van der Waals surface area contributed by atoms with Gasteiger partial charge >= 0.3 is 0 Å². The fourth-order valence-corrected chi connectivity index (χ4v) is 3.35. The molecule has 0 aromatic heterocycles. The first-order valence-corrected chi connectivity index (χ1v) is 10.8. The molecule has 0 aliphatic carbocycles. The molecule has 0 aromatic rings. The van der Waals surface area contributed by atoms with Crippen LogP contribution in [0.3, 0.4) is 0 Å². The van der Waals surface area contributed by atoms with E-state index in [2.05, 4.69) is 32.3 Å². The highest BCUT2D eigenvalue weighted by Gasteiger charge is 2.10. The molecule has 0 saturated carbocycles. The number of carbonyl (C=O) groups is 1. The minimum Gasteiger partial charge on any atom is -0.339 e. The fraction of sp³-hybridized carbons (Fsp3) is 0.864.